The van der Waals surface area contributed by atoms with E-state index in [1.54, 1.807) is 44.4 Å². The number of thioether (sulfide) groups is 1. The zero-order chi connectivity index (χ0) is 23.6. The minimum absolute atomic E-state index is 0.375. The minimum Gasteiger partial charge on any atom is -0.480 e. The van der Waals surface area contributed by atoms with Crippen molar-refractivity contribution < 1.29 is 28.6 Å². The summed E-state index contributed by atoms with van der Waals surface area (Å²) in [6, 6.07) is 6.38. The van der Waals surface area contributed by atoms with Gasteiger partial charge in [0.25, 0.3) is 0 Å². The second-order valence-corrected chi connectivity index (χ2v) is 13.6. The van der Waals surface area contributed by atoms with E-state index in [9.17, 15) is 24.1 Å². The monoisotopic (exact) mass is 490 g/mol. The Kier molecular flexibility index (Phi) is 8.23. The van der Waals surface area contributed by atoms with Crippen molar-refractivity contribution in [3.63, 3.8) is 0 Å². The van der Waals surface area contributed by atoms with Crippen LogP contribution in [0.15, 0.2) is 30.3 Å². The molecule has 2 amide bonds. The standard InChI is InChI=1S/C16H19N3O4S.C2H8NO2PS/c1-16(2)11(15(22)23)19-13(21)10(14(19)24-16)18-12(20)9(17)8-6-4-3-5-7-8;1-5-6(3,4)7-2/h3-7,9-11,14H,17H2,1-2H3,(H,18,20)(H,22,23);1-2H3,(H2,3,4)/t9-,10-,11+,14-;/m1./s1. The molecule has 2 aliphatic rings. The second-order valence-electron chi connectivity index (χ2n) is 7.38. The number of nitrogens with zero attached hydrogens (tertiary/aromatic N) is 1. The zero-order valence-electron chi connectivity index (χ0n) is 17.6. The number of benzene rings is 1. The number of carboxylic acids is 1. The van der Waals surface area contributed by atoms with Gasteiger partial charge in [-0.25, -0.2) is 4.79 Å². The molecule has 13 heteroatoms. The van der Waals surface area contributed by atoms with Crippen molar-refractivity contribution in [3.05, 3.63) is 35.9 Å². The summed E-state index contributed by atoms with van der Waals surface area (Å²) in [5.41, 5.74) is 11.6. The molecule has 5 atom stereocenters. The number of carbonyl (C=O) groups excluding carboxylic acids is 2. The molecular formula is C18H27N4O6PS2. The van der Waals surface area contributed by atoms with E-state index in [0.717, 1.165) is 11.4 Å². The van der Waals surface area contributed by atoms with Crippen LogP contribution in [0.4, 0.5) is 0 Å². The summed E-state index contributed by atoms with van der Waals surface area (Å²) in [7, 11) is 1.33. The maximum absolute atomic E-state index is 12.3. The minimum atomic E-state index is -2.74. The third kappa shape index (κ3) is 5.63. The molecule has 2 heterocycles. The van der Waals surface area contributed by atoms with E-state index >= 15 is 0 Å². The normalized spacial score (nSPS) is 26.5. The highest BCUT2D eigenvalue weighted by molar-refractivity contribution is 8.55. The number of nitrogens with one attached hydrogen (secondary N) is 1. The lowest BCUT2D eigenvalue weighted by Gasteiger charge is -2.43. The SMILES string of the molecule is CC1(C)S[C@@H]2[C@H](NC(=O)[C@H](N)c3ccccc3)C(=O)N2[C@H]1C(=O)O.COP(N)(=O)SC. The number of aliphatic carboxylic acids is 1. The number of β-lactam (4-membered cyclic amide) rings is 1. The molecule has 2 fully saturated rings. The van der Waals surface area contributed by atoms with Crippen molar-refractivity contribution in [1.82, 2.24) is 10.2 Å². The molecule has 172 valence electrons. The molecule has 0 spiro atoms. The predicted molar refractivity (Wildman–Crippen MR) is 121 cm³/mol. The van der Waals surface area contributed by atoms with E-state index in [1.807, 2.05) is 6.07 Å². The van der Waals surface area contributed by atoms with Crippen LogP contribution in [0.25, 0.3) is 0 Å². The lowest BCUT2D eigenvalue weighted by molar-refractivity contribution is -0.161. The summed E-state index contributed by atoms with van der Waals surface area (Å²) in [5.74, 6) is -1.86. The van der Waals surface area contributed by atoms with Gasteiger partial charge < -0.3 is 25.6 Å². The van der Waals surface area contributed by atoms with Gasteiger partial charge in [0.1, 0.15) is 23.5 Å². The molecule has 10 nitrogen and oxygen atoms in total. The first-order chi connectivity index (χ1) is 14.4. The summed E-state index contributed by atoms with van der Waals surface area (Å²) < 4.78 is 14.2. The summed E-state index contributed by atoms with van der Waals surface area (Å²) >= 11 is 2.42. The topological polar surface area (TPSA) is 165 Å². The average molecular weight is 491 g/mol. The van der Waals surface area contributed by atoms with Crippen LogP contribution in [0, 0.1) is 0 Å². The third-order valence-electron chi connectivity index (χ3n) is 4.92. The summed E-state index contributed by atoms with van der Waals surface area (Å²) in [5, 5.41) is 11.7. The van der Waals surface area contributed by atoms with Crippen LogP contribution in [0.1, 0.15) is 25.5 Å². The Morgan fingerprint density at radius 1 is 1.35 bits per heavy atom. The van der Waals surface area contributed by atoms with Crippen molar-refractivity contribution in [1.29, 1.82) is 0 Å². The Morgan fingerprint density at radius 3 is 2.39 bits per heavy atom. The first kappa shape index (κ1) is 25.7. The first-order valence-electron chi connectivity index (χ1n) is 9.20. The molecule has 1 aromatic rings. The molecule has 1 aromatic carbocycles. The van der Waals surface area contributed by atoms with Crippen LogP contribution in [-0.2, 0) is 23.5 Å². The Bertz CT molecular complexity index is 879. The molecule has 0 aliphatic carbocycles. The molecule has 2 saturated heterocycles. The van der Waals surface area contributed by atoms with Gasteiger partial charge in [0.05, 0.1) is 0 Å². The smallest absolute Gasteiger partial charge is 0.327 e. The zero-order valence-corrected chi connectivity index (χ0v) is 20.1. The Morgan fingerprint density at radius 2 is 1.94 bits per heavy atom. The van der Waals surface area contributed by atoms with Gasteiger partial charge in [0.15, 0.2) is 0 Å². The molecule has 0 saturated carbocycles. The fraction of sp³-hybridized carbons (Fsp3) is 0.500. The maximum Gasteiger partial charge on any atom is 0.327 e. The van der Waals surface area contributed by atoms with Crippen molar-refractivity contribution in [2.75, 3.05) is 13.4 Å². The number of carbonyl (C=O) groups is 3. The fourth-order valence-corrected chi connectivity index (χ4v) is 5.50. The Labute approximate surface area is 189 Å². The van der Waals surface area contributed by atoms with E-state index in [2.05, 4.69) is 9.84 Å². The van der Waals surface area contributed by atoms with Gasteiger partial charge in [-0.05, 0) is 25.7 Å². The molecule has 3 rings (SSSR count). The number of carboxylic acid groups (broad SMARTS) is 1. The fourth-order valence-electron chi connectivity index (χ4n) is 3.27. The van der Waals surface area contributed by atoms with Gasteiger partial charge in [-0.15, -0.1) is 11.8 Å². The maximum atomic E-state index is 12.3. The van der Waals surface area contributed by atoms with E-state index in [0.29, 0.717) is 5.56 Å². The van der Waals surface area contributed by atoms with Crippen LogP contribution in [0.2, 0.25) is 0 Å². The second kappa shape index (κ2) is 9.93. The molecule has 31 heavy (non-hydrogen) atoms. The van der Waals surface area contributed by atoms with E-state index in [4.69, 9.17) is 11.2 Å². The van der Waals surface area contributed by atoms with Crippen LogP contribution in [-0.4, -0.2) is 63.4 Å². The van der Waals surface area contributed by atoms with Crippen molar-refractivity contribution in [3.8, 4) is 0 Å². The van der Waals surface area contributed by atoms with E-state index in [-0.39, 0.29) is 11.3 Å². The van der Waals surface area contributed by atoms with Gasteiger partial charge in [-0.2, -0.15) is 0 Å². The van der Waals surface area contributed by atoms with E-state index in [1.165, 1.54) is 23.8 Å². The highest BCUT2D eigenvalue weighted by Gasteiger charge is 2.64. The van der Waals surface area contributed by atoms with Crippen LogP contribution in [0.3, 0.4) is 0 Å². The number of amides is 2. The van der Waals surface area contributed by atoms with E-state index < -0.39 is 41.5 Å². The van der Waals surface area contributed by atoms with Gasteiger partial charge in [-0.3, -0.25) is 19.7 Å². The molecular weight excluding hydrogens is 463 g/mol. The largest absolute Gasteiger partial charge is 0.480 e. The van der Waals surface area contributed by atoms with Crippen molar-refractivity contribution in [2.45, 2.75) is 42.1 Å². The lowest BCUT2D eigenvalue weighted by atomic mass is 9.95. The number of hydrogen-bond donors (Lipinski definition) is 4. The number of fused-ring (bicyclic) bond motifs is 1. The van der Waals surface area contributed by atoms with Gasteiger partial charge in [0, 0.05) is 11.9 Å². The highest BCUT2D eigenvalue weighted by atomic mass is 32.7. The molecule has 0 radical (unpaired) electrons. The van der Waals surface area contributed by atoms with Gasteiger partial charge in [0.2, 0.25) is 11.8 Å². The Hall–Kier alpha value is -1.56. The van der Waals surface area contributed by atoms with Crippen LogP contribution >= 0.6 is 29.9 Å². The van der Waals surface area contributed by atoms with Crippen molar-refractivity contribution in [2.24, 2.45) is 11.2 Å². The number of nitrogens with two attached hydrogens (primary N) is 2. The quantitative estimate of drug-likeness (QED) is 0.338. The summed E-state index contributed by atoms with van der Waals surface area (Å²) in [6.07, 6.45) is 1.64. The molecule has 2 aliphatic heterocycles. The summed E-state index contributed by atoms with van der Waals surface area (Å²) in [6.45, 7) is 0.839. The van der Waals surface area contributed by atoms with Crippen LogP contribution in [0.5, 0.6) is 0 Å². The molecule has 1 unspecified atom stereocenters. The highest BCUT2D eigenvalue weighted by Crippen LogP contribution is 2.51. The molecule has 6 N–H and O–H groups in total. The summed E-state index contributed by atoms with van der Waals surface area (Å²) in [4.78, 5) is 37.5. The Balaban J connectivity index is 0.000000423. The van der Waals surface area contributed by atoms with Gasteiger partial charge >= 0.3 is 12.7 Å². The number of rotatable bonds is 6. The predicted octanol–water partition coefficient (Wildman–Crippen LogP) is 1.38. The third-order valence-corrected chi connectivity index (χ3v) is 9.49. The average Bonchev–Trinajstić information content (AvgIpc) is 3.00. The molecule has 0 bridgehead atoms. The van der Waals surface area contributed by atoms with Gasteiger partial charge in [-0.1, -0.05) is 41.7 Å². The lowest BCUT2D eigenvalue weighted by Crippen LogP contribution is -2.71. The van der Waals surface area contributed by atoms with Crippen molar-refractivity contribution >= 4 is 47.6 Å². The first-order valence-corrected chi connectivity index (χ1v) is 13.6. The van der Waals surface area contributed by atoms with Crippen LogP contribution < -0.4 is 16.6 Å². The molecule has 0 aromatic heterocycles. The number of hydrogen-bond acceptors (Lipinski definition) is 8.